The summed E-state index contributed by atoms with van der Waals surface area (Å²) in [7, 11) is 0. The number of furan rings is 1. The third kappa shape index (κ3) is 1.83. The van der Waals surface area contributed by atoms with E-state index in [-0.39, 0.29) is 0 Å². The monoisotopic (exact) mass is 212 g/mol. The Balaban J connectivity index is 2.20. The molecule has 3 unspecified atom stereocenters. The van der Waals surface area contributed by atoms with Crippen molar-refractivity contribution in [3.8, 4) is 0 Å². The first-order chi connectivity index (χ1) is 6.68. The molecule has 0 aromatic carbocycles. The van der Waals surface area contributed by atoms with E-state index in [4.69, 9.17) is 16.0 Å². The van der Waals surface area contributed by atoms with Crippen LogP contribution in [0.3, 0.4) is 0 Å². The van der Waals surface area contributed by atoms with Crippen molar-refractivity contribution in [2.24, 2.45) is 5.92 Å². The number of hydrogen-bond acceptors (Lipinski definition) is 1. The van der Waals surface area contributed by atoms with Crippen LogP contribution in [0, 0.1) is 12.8 Å². The van der Waals surface area contributed by atoms with Crippen molar-refractivity contribution in [1.29, 1.82) is 0 Å². The highest BCUT2D eigenvalue weighted by atomic mass is 35.5. The average molecular weight is 213 g/mol. The van der Waals surface area contributed by atoms with Gasteiger partial charge in [-0.3, -0.25) is 0 Å². The molecule has 0 bridgehead atoms. The van der Waals surface area contributed by atoms with E-state index < -0.39 is 0 Å². The van der Waals surface area contributed by atoms with Crippen molar-refractivity contribution < 1.29 is 4.42 Å². The van der Waals surface area contributed by atoms with Crippen molar-refractivity contribution in [3.63, 3.8) is 0 Å². The maximum Gasteiger partial charge on any atom is 0.0940 e. The number of rotatable bonds is 1. The van der Waals surface area contributed by atoms with Gasteiger partial charge in [0, 0.05) is 5.38 Å². The average Bonchev–Trinajstić information content (AvgIpc) is 2.56. The molecular formula is C12H17ClO. The molecule has 0 N–H and O–H groups in total. The molecule has 0 aliphatic heterocycles. The van der Waals surface area contributed by atoms with Crippen LogP contribution in [0.5, 0.6) is 0 Å². The Bertz CT molecular complexity index is 305. The molecule has 0 saturated heterocycles. The molecule has 2 rings (SSSR count). The SMILES string of the molecule is Cc1cocc1C1CC(Cl)CCC1C. The van der Waals surface area contributed by atoms with Gasteiger partial charge in [0.25, 0.3) is 0 Å². The topological polar surface area (TPSA) is 13.1 Å². The highest BCUT2D eigenvalue weighted by molar-refractivity contribution is 6.20. The Labute approximate surface area is 90.4 Å². The Hall–Kier alpha value is -0.430. The largest absolute Gasteiger partial charge is 0.472 e. The zero-order chi connectivity index (χ0) is 10.1. The van der Waals surface area contributed by atoms with Crippen LogP contribution in [0.25, 0.3) is 0 Å². The van der Waals surface area contributed by atoms with Gasteiger partial charge >= 0.3 is 0 Å². The van der Waals surface area contributed by atoms with Crippen LogP contribution in [-0.2, 0) is 0 Å². The number of halogens is 1. The van der Waals surface area contributed by atoms with E-state index >= 15 is 0 Å². The summed E-state index contributed by atoms with van der Waals surface area (Å²) < 4.78 is 5.24. The van der Waals surface area contributed by atoms with Crippen molar-refractivity contribution in [1.82, 2.24) is 0 Å². The van der Waals surface area contributed by atoms with Gasteiger partial charge in [0.15, 0.2) is 0 Å². The minimum atomic E-state index is 0.352. The lowest BCUT2D eigenvalue weighted by Gasteiger charge is -2.31. The van der Waals surface area contributed by atoms with Gasteiger partial charge in [-0.25, -0.2) is 0 Å². The van der Waals surface area contributed by atoms with Crippen LogP contribution < -0.4 is 0 Å². The van der Waals surface area contributed by atoms with Gasteiger partial charge in [0.05, 0.1) is 12.5 Å². The first-order valence-electron chi connectivity index (χ1n) is 5.35. The normalized spacial score (nSPS) is 33.2. The van der Waals surface area contributed by atoms with Crippen LogP contribution in [0.4, 0.5) is 0 Å². The van der Waals surface area contributed by atoms with Gasteiger partial charge in [0.1, 0.15) is 0 Å². The Morgan fingerprint density at radius 2 is 2.14 bits per heavy atom. The van der Waals surface area contributed by atoms with E-state index in [9.17, 15) is 0 Å². The van der Waals surface area contributed by atoms with E-state index in [2.05, 4.69) is 13.8 Å². The highest BCUT2D eigenvalue weighted by Crippen LogP contribution is 2.40. The summed E-state index contributed by atoms with van der Waals surface area (Å²) in [5.41, 5.74) is 2.63. The van der Waals surface area contributed by atoms with Crippen LogP contribution in [0.15, 0.2) is 16.9 Å². The maximum atomic E-state index is 6.22. The fraction of sp³-hybridized carbons (Fsp3) is 0.667. The summed E-state index contributed by atoms with van der Waals surface area (Å²) in [5, 5.41) is 0.352. The van der Waals surface area contributed by atoms with Gasteiger partial charge in [-0.1, -0.05) is 6.92 Å². The molecule has 0 radical (unpaired) electrons. The molecular weight excluding hydrogens is 196 g/mol. The van der Waals surface area contributed by atoms with Crippen molar-refractivity contribution in [2.45, 2.75) is 44.4 Å². The van der Waals surface area contributed by atoms with Gasteiger partial charge in [-0.2, -0.15) is 0 Å². The summed E-state index contributed by atoms with van der Waals surface area (Å²) in [6.45, 7) is 4.43. The molecule has 1 nitrogen and oxygen atoms in total. The molecule has 1 heterocycles. The summed E-state index contributed by atoms with van der Waals surface area (Å²) in [5.74, 6) is 1.34. The standard InChI is InChI=1S/C12H17ClO/c1-8-3-4-10(13)5-11(8)12-7-14-6-9(12)2/h6-8,10-11H,3-5H2,1-2H3. The zero-order valence-corrected chi connectivity index (χ0v) is 9.55. The molecule has 0 amide bonds. The third-order valence-electron chi connectivity index (χ3n) is 3.43. The minimum absolute atomic E-state index is 0.352. The fourth-order valence-electron chi connectivity index (χ4n) is 2.45. The van der Waals surface area contributed by atoms with Crippen LogP contribution in [-0.4, -0.2) is 5.38 Å². The van der Waals surface area contributed by atoms with Gasteiger partial charge < -0.3 is 4.42 Å². The lowest BCUT2D eigenvalue weighted by atomic mass is 9.76. The van der Waals surface area contributed by atoms with Crippen LogP contribution in [0.2, 0.25) is 0 Å². The molecule has 2 heteroatoms. The van der Waals surface area contributed by atoms with E-state index in [0.717, 1.165) is 18.8 Å². The van der Waals surface area contributed by atoms with E-state index in [1.165, 1.54) is 17.5 Å². The predicted molar refractivity (Wildman–Crippen MR) is 58.8 cm³/mol. The molecule has 3 atom stereocenters. The number of hydrogen-bond donors (Lipinski definition) is 0. The second-order valence-electron chi connectivity index (χ2n) is 4.50. The Morgan fingerprint density at radius 3 is 2.79 bits per heavy atom. The molecule has 0 spiro atoms. The molecule has 1 saturated carbocycles. The van der Waals surface area contributed by atoms with E-state index in [1.54, 1.807) is 0 Å². The first kappa shape index (κ1) is 10.1. The molecule has 1 fully saturated rings. The molecule has 1 aliphatic carbocycles. The molecule has 78 valence electrons. The molecule has 14 heavy (non-hydrogen) atoms. The predicted octanol–water partition coefficient (Wildman–Crippen LogP) is 4.10. The second kappa shape index (κ2) is 3.98. The fourth-order valence-corrected chi connectivity index (χ4v) is 2.77. The Morgan fingerprint density at radius 1 is 1.36 bits per heavy atom. The second-order valence-corrected chi connectivity index (χ2v) is 5.12. The van der Waals surface area contributed by atoms with Gasteiger partial charge in [-0.15, -0.1) is 11.6 Å². The van der Waals surface area contributed by atoms with Gasteiger partial charge in [0.2, 0.25) is 0 Å². The number of alkyl halides is 1. The minimum Gasteiger partial charge on any atom is -0.472 e. The van der Waals surface area contributed by atoms with E-state index in [0.29, 0.717) is 11.3 Å². The highest BCUT2D eigenvalue weighted by Gasteiger charge is 2.29. The molecule has 1 aromatic heterocycles. The van der Waals surface area contributed by atoms with Crippen molar-refractivity contribution >= 4 is 11.6 Å². The van der Waals surface area contributed by atoms with Gasteiger partial charge in [-0.05, 0) is 49.1 Å². The quantitative estimate of drug-likeness (QED) is 0.639. The molecule has 1 aromatic rings. The van der Waals surface area contributed by atoms with Crippen LogP contribution in [0.1, 0.15) is 43.2 Å². The third-order valence-corrected chi connectivity index (χ3v) is 3.82. The van der Waals surface area contributed by atoms with E-state index in [1.807, 2.05) is 12.5 Å². The summed E-state index contributed by atoms with van der Waals surface area (Å²) in [6.07, 6.45) is 7.23. The molecule has 1 aliphatic rings. The van der Waals surface area contributed by atoms with Crippen molar-refractivity contribution in [3.05, 3.63) is 23.7 Å². The maximum absolute atomic E-state index is 6.22. The first-order valence-corrected chi connectivity index (χ1v) is 5.79. The summed E-state index contributed by atoms with van der Waals surface area (Å²) in [4.78, 5) is 0. The smallest absolute Gasteiger partial charge is 0.0940 e. The number of aryl methyl sites for hydroxylation is 1. The summed E-state index contributed by atoms with van der Waals surface area (Å²) >= 11 is 6.22. The lowest BCUT2D eigenvalue weighted by Crippen LogP contribution is -2.21. The zero-order valence-electron chi connectivity index (χ0n) is 8.79. The Kier molecular flexibility index (Phi) is 2.87. The van der Waals surface area contributed by atoms with Crippen LogP contribution >= 0.6 is 11.6 Å². The van der Waals surface area contributed by atoms with Crippen molar-refractivity contribution in [2.75, 3.05) is 0 Å². The summed E-state index contributed by atoms with van der Waals surface area (Å²) in [6, 6.07) is 0. The lowest BCUT2D eigenvalue weighted by molar-refractivity contribution is 0.332.